The number of Topliss-reactive ketones (excluding diaryl/α,β-unsaturated/α-hetero) is 2. The number of ketones is 2. The first-order valence-electron chi connectivity index (χ1n) is 34.2. The van der Waals surface area contributed by atoms with Crippen LogP contribution in [0.15, 0.2) is 90.0 Å². The van der Waals surface area contributed by atoms with Gasteiger partial charge in [-0.1, -0.05) is 192 Å². The molecule has 2 fully saturated rings. The van der Waals surface area contributed by atoms with Crippen LogP contribution in [0.5, 0.6) is 0 Å². The second-order valence-electron chi connectivity index (χ2n) is 24.5. The standard InChI is InChI=1S/C22H32O4.C22H30O4.C11H22O2.C11H20O2.C5H13NO.C5H11NO.3CH4/c2*1-18(2)16-21(26-17-19-10-4-3-5-11-19)20(23)12-6-8-14-24-22-13-7-9-15-25-22;2*1-4-6-8-10(7-5-2)11(13)9(3)12;2*1-4(6-3)5(2)7;;;/h3-5,10-11,18,20-23H,7-9,13-17H2,1-2H3;3-5,10-11,18,21-22H,7-9,13-17H2,1-2H3;5,7,9-13H,4,6,8H2,1-3H3;5,7,10-11,13H,4,6,8H2,1-3H3;4-7H,1-3H3;5,7H,1-3H3;3*1H4/b;;2*7-5+;;;;;/t20-,21+,22?;;9-,10+,11-;10-,11+;4-,5+;5-;;;/m0.0110.../s1. The highest BCUT2D eigenvalue weighted by Gasteiger charge is 2.23. The number of nitrogens with zero attached hydrogens (tertiary/aromatic N) is 1. The number of aliphatic imine (C=N–C) groups is 1. The molecule has 2 heterocycles. The lowest BCUT2D eigenvalue weighted by atomic mass is 9.92. The molecule has 0 amide bonds. The molecule has 16 heteroatoms. The largest absolute Gasteiger partial charge is 0.392 e. The van der Waals surface area contributed by atoms with E-state index in [2.05, 4.69) is 75.5 Å². The Balaban J connectivity index is -0.000000363. The number of nitrogens with one attached hydrogen (secondary N) is 1. The van der Waals surface area contributed by atoms with Crippen molar-refractivity contribution in [1.82, 2.24) is 5.32 Å². The maximum Gasteiger partial charge on any atom is 0.234 e. The zero-order valence-corrected chi connectivity index (χ0v) is 59.7. The second-order valence-corrected chi connectivity index (χ2v) is 24.5. The first kappa shape index (κ1) is 99.2. The summed E-state index contributed by atoms with van der Waals surface area (Å²) >= 11 is 0. The number of rotatable bonds is 33. The Morgan fingerprint density at radius 2 is 1.12 bits per heavy atom. The third-order valence-corrected chi connectivity index (χ3v) is 15.0. The Hall–Kier alpha value is -4.47. The average molecular weight is 1340 g/mol. The molecule has 0 radical (unpaired) electrons. The fourth-order valence-electron chi connectivity index (χ4n) is 8.85. The lowest BCUT2D eigenvalue weighted by molar-refractivity contribution is -0.161. The zero-order chi connectivity index (χ0) is 69.5. The van der Waals surface area contributed by atoms with E-state index >= 15 is 0 Å². The van der Waals surface area contributed by atoms with Gasteiger partial charge in [-0.05, 0) is 156 Å². The maximum atomic E-state index is 12.4. The van der Waals surface area contributed by atoms with E-state index in [0.29, 0.717) is 57.5 Å². The first-order valence-corrected chi connectivity index (χ1v) is 34.2. The van der Waals surface area contributed by atoms with Crippen LogP contribution in [0.3, 0.4) is 0 Å². The number of hydrogen-bond donors (Lipinski definition) is 7. The second kappa shape index (κ2) is 65.5. The summed E-state index contributed by atoms with van der Waals surface area (Å²) < 4.78 is 34.1. The first-order chi connectivity index (χ1) is 43.9. The molecule has 2 aliphatic rings. The van der Waals surface area contributed by atoms with Crippen LogP contribution in [-0.2, 0) is 51.2 Å². The van der Waals surface area contributed by atoms with Crippen molar-refractivity contribution in [2.24, 2.45) is 28.7 Å². The number of carbonyl (C=O) groups is 2. The minimum atomic E-state index is -0.817. The molecule has 550 valence electrons. The van der Waals surface area contributed by atoms with E-state index in [-0.39, 0.29) is 82.6 Å². The molecule has 95 heavy (non-hydrogen) atoms. The van der Waals surface area contributed by atoms with Gasteiger partial charge in [0, 0.05) is 56.7 Å². The monoisotopic (exact) mass is 1340 g/mol. The van der Waals surface area contributed by atoms with E-state index in [1.54, 1.807) is 34.7 Å². The third-order valence-electron chi connectivity index (χ3n) is 15.0. The highest BCUT2D eigenvalue weighted by atomic mass is 16.7. The van der Waals surface area contributed by atoms with E-state index in [9.17, 15) is 30.0 Å². The Morgan fingerprint density at radius 3 is 1.48 bits per heavy atom. The molecule has 16 nitrogen and oxygen atoms in total. The smallest absolute Gasteiger partial charge is 0.234 e. The van der Waals surface area contributed by atoms with Crippen molar-refractivity contribution in [3.63, 3.8) is 0 Å². The quantitative estimate of drug-likeness (QED) is 0.0116. The minimum Gasteiger partial charge on any atom is -0.392 e. The van der Waals surface area contributed by atoms with Crippen molar-refractivity contribution in [3.05, 3.63) is 96.1 Å². The Labute approximate surface area is 580 Å². The van der Waals surface area contributed by atoms with E-state index in [4.69, 9.17) is 38.6 Å². The van der Waals surface area contributed by atoms with Crippen LogP contribution in [0.2, 0.25) is 0 Å². The van der Waals surface area contributed by atoms with Gasteiger partial charge in [0.25, 0.3) is 0 Å². The molecule has 0 aliphatic carbocycles. The molecule has 0 bridgehead atoms. The van der Waals surface area contributed by atoms with Crippen LogP contribution < -0.4 is 5.32 Å². The molecular formula is C79H140N2O14. The highest BCUT2D eigenvalue weighted by Crippen LogP contribution is 2.20. The topological polar surface area (TPSA) is 235 Å². The molecule has 2 saturated heterocycles. The Bertz CT molecular complexity index is 2280. The Morgan fingerprint density at radius 1 is 0.653 bits per heavy atom. The van der Waals surface area contributed by atoms with Crippen molar-refractivity contribution < 1.29 is 68.6 Å². The summed E-state index contributed by atoms with van der Waals surface area (Å²) in [6.07, 6.45) is 18.5. The van der Waals surface area contributed by atoms with Gasteiger partial charge in [0.1, 0.15) is 18.3 Å². The predicted octanol–water partition coefficient (Wildman–Crippen LogP) is 14.8. The van der Waals surface area contributed by atoms with Gasteiger partial charge in [-0.15, -0.1) is 0 Å². The number of aliphatic hydroxyl groups excluding tert-OH is 6. The van der Waals surface area contributed by atoms with Crippen molar-refractivity contribution in [1.29, 1.82) is 0 Å². The molecule has 7 N–H and O–H groups in total. The van der Waals surface area contributed by atoms with Crippen LogP contribution >= 0.6 is 0 Å². The van der Waals surface area contributed by atoms with Gasteiger partial charge in [0.05, 0.1) is 56.9 Å². The lowest BCUT2D eigenvalue weighted by Gasteiger charge is -2.22. The molecule has 2 aliphatic heterocycles. The SMILES string of the molecule is C.C.C.C/C=C/[C@H](CCCC)[C@@H](O)C(C)=O.C/C=C/[C@H](CCCC)[C@@H](O)[C@H](C)O.CC(C)CC(OCc1ccccc1)C(=O)C#CCCOC1CCCCO1.CC(C)C[C@@H](OCc1ccccc1)[C@@H](O)C#CCCOC1CCCCO1.CN=C(C)[C@H](C)O.CN[C@H](C)[C@H](C)O. The van der Waals surface area contributed by atoms with E-state index in [1.165, 1.54) is 6.92 Å². The summed E-state index contributed by atoms with van der Waals surface area (Å²) in [6.45, 7) is 30.2. The number of allylic oxidation sites excluding steroid dienone is 2. The lowest BCUT2D eigenvalue weighted by Crippen LogP contribution is -2.32. The van der Waals surface area contributed by atoms with Crippen molar-refractivity contribution >= 4 is 17.3 Å². The summed E-state index contributed by atoms with van der Waals surface area (Å²) in [6, 6.07) is 20.1. The molecular weight excluding hydrogens is 1200 g/mol. The van der Waals surface area contributed by atoms with Crippen LogP contribution in [0, 0.1) is 47.4 Å². The average Bonchev–Trinajstić information content (AvgIpc) is 1.28. The third kappa shape index (κ3) is 55.1. The molecule has 0 spiro atoms. The Kier molecular flexibility index (Phi) is 68.4. The van der Waals surface area contributed by atoms with E-state index in [0.717, 1.165) is 114 Å². The van der Waals surface area contributed by atoms with Crippen LogP contribution in [-0.4, -0.2) is 156 Å². The van der Waals surface area contributed by atoms with Gasteiger partial charge in [0.15, 0.2) is 18.4 Å². The molecule has 0 saturated carbocycles. The normalized spacial score (nSPS) is 17.7. The summed E-state index contributed by atoms with van der Waals surface area (Å²) in [5, 5.41) is 59.2. The van der Waals surface area contributed by atoms with Gasteiger partial charge < -0.3 is 64.4 Å². The number of carbonyl (C=O) groups excluding carboxylic acids is 2. The number of unbranched alkanes of at least 4 members (excludes halogenated alkanes) is 2. The highest BCUT2D eigenvalue weighted by molar-refractivity contribution is 5.99. The van der Waals surface area contributed by atoms with E-state index in [1.807, 2.05) is 113 Å². The fourth-order valence-corrected chi connectivity index (χ4v) is 8.85. The molecule has 4 rings (SSSR count). The summed E-state index contributed by atoms with van der Waals surface area (Å²) in [4.78, 5) is 27.1. The van der Waals surface area contributed by atoms with Crippen molar-refractivity contribution in [2.45, 2.75) is 303 Å². The van der Waals surface area contributed by atoms with Crippen molar-refractivity contribution in [2.75, 3.05) is 40.5 Å². The van der Waals surface area contributed by atoms with Crippen LogP contribution in [0.4, 0.5) is 0 Å². The van der Waals surface area contributed by atoms with Gasteiger partial charge in [-0.3, -0.25) is 14.6 Å². The molecule has 3 unspecified atom stereocenters. The number of benzene rings is 2. The number of aliphatic hydroxyl groups is 6. The maximum absolute atomic E-state index is 12.4. The van der Waals surface area contributed by atoms with Crippen LogP contribution in [0.1, 0.15) is 233 Å². The predicted molar refractivity (Wildman–Crippen MR) is 395 cm³/mol. The zero-order valence-electron chi connectivity index (χ0n) is 59.7. The van der Waals surface area contributed by atoms with E-state index < -0.39 is 30.5 Å². The number of hydrogen-bond acceptors (Lipinski definition) is 16. The summed E-state index contributed by atoms with van der Waals surface area (Å²) in [5.41, 5.74) is 2.94. The van der Waals surface area contributed by atoms with Gasteiger partial charge >= 0.3 is 0 Å². The summed E-state index contributed by atoms with van der Waals surface area (Å²) in [5.74, 6) is 12.2. The molecule has 2 aromatic rings. The van der Waals surface area contributed by atoms with Gasteiger partial charge in [-0.2, -0.15) is 0 Å². The van der Waals surface area contributed by atoms with Gasteiger partial charge in [0.2, 0.25) is 5.78 Å². The fraction of sp³-hybridized carbons (Fsp3) is 0.709. The number of likely N-dealkylation sites (N-methyl/N-ethyl adjacent to an activating group) is 1. The molecule has 13 atom stereocenters. The molecule has 0 aromatic heterocycles. The molecule has 2 aromatic carbocycles. The number of ether oxygens (including phenoxy) is 6. The van der Waals surface area contributed by atoms with Crippen molar-refractivity contribution in [3.8, 4) is 23.7 Å². The minimum absolute atomic E-state index is 0. The van der Waals surface area contributed by atoms with Gasteiger partial charge in [-0.25, -0.2) is 0 Å². The summed E-state index contributed by atoms with van der Waals surface area (Å²) in [7, 11) is 3.50. The van der Waals surface area contributed by atoms with Crippen LogP contribution in [0.25, 0.3) is 0 Å².